The number of hydrogen-bond donors (Lipinski definition) is 1. The molecule has 0 aliphatic carbocycles. The summed E-state index contributed by atoms with van der Waals surface area (Å²) >= 11 is 6.32. The van der Waals surface area contributed by atoms with Crippen LogP contribution in [0.15, 0.2) is 29.2 Å². The number of Topliss-reactive ketones (excluding diaryl/α,β-unsaturated/α-hetero) is 1. The Bertz CT molecular complexity index is 785. The van der Waals surface area contributed by atoms with Crippen LogP contribution in [0.4, 0.5) is 5.69 Å². The quantitative estimate of drug-likeness (QED) is 0.453. The number of carboxylic acid groups (broad SMARTS) is 1. The SMILES string of the molecule is CC(C)C(C(=O)C(=O)O)N1C(=O)/C(=C/c2ccc(N(C)C)cc2)SC1=S. The van der Waals surface area contributed by atoms with Gasteiger partial charge in [0.2, 0.25) is 0 Å². The fourth-order valence-electron chi connectivity index (χ4n) is 2.58. The summed E-state index contributed by atoms with van der Waals surface area (Å²) in [5.74, 6) is -3.42. The third-order valence-corrected chi connectivity index (χ3v) is 5.25. The Morgan fingerprint density at radius 3 is 2.27 bits per heavy atom. The van der Waals surface area contributed by atoms with E-state index in [1.54, 1.807) is 19.9 Å². The highest BCUT2D eigenvalue weighted by Gasteiger charge is 2.43. The highest BCUT2D eigenvalue weighted by atomic mass is 32.2. The number of ketones is 1. The zero-order chi connectivity index (χ0) is 19.6. The van der Waals surface area contributed by atoms with Crippen molar-refractivity contribution in [2.24, 2.45) is 5.92 Å². The van der Waals surface area contributed by atoms with E-state index in [1.807, 2.05) is 43.3 Å². The summed E-state index contributed by atoms with van der Waals surface area (Å²) < 4.78 is 0.194. The molecular weight excluding hydrogens is 372 g/mol. The summed E-state index contributed by atoms with van der Waals surface area (Å²) in [5.41, 5.74) is 1.85. The molecule has 1 aromatic carbocycles. The highest BCUT2D eigenvalue weighted by molar-refractivity contribution is 8.26. The highest BCUT2D eigenvalue weighted by Crippen LogP contribution is 2.35. The van der Waals surface area contributed by atoms with Crippen LogP contribution in [-0.4, -0.2) is 52.1 Å². The van der Waals surface area contributed by atoms with Crippen LogP contribution in [0.1, 0.15) is 19.4 Å². The minimum atomic E-state index is -1.57. The van der Waals surface area contributed by atoms with Crippen LogP contribution in [0.5, 0.6) is 0 Å². The van der Waals surface area contributed by atoms with E-state index in [2.05, 4.69) is 0 Å². The number of carbonyl (C=O) groups excluding carboxylic acids is 2. The number of carbonyl (C=O) groups is 3. The van der Waals surface area contributed by atoms with E-state index < -0.39 is 23.7 Å². The summed E-state index contributed by atoms with van der Waals surface area (Å²) in [6.45, 7) is 3.38. The Balaban J connectivity index is 2.32. The van der Waals surface area contributed by atoms with E-state index in [0.29, 0.717) is 4.91 Å². The molecule has 8 heteroatoms. The van der Waals surface area contributed by atoms with Crippen molar-refractivity contribution in [1.29, 1.82) is 0 Å². The molecule has 1 aromatic rings. The smallest absolute Gasteiger partial charge is 0.374 e. The zero-order valence-electron chi connectivity index (χ0n) is 14.9. The molecule has 1 aliphatic heterocycles. The minimum absolute atomic E-state index is 0.194. The third kappa shape index (κ3) is 4.13. The van der Waals surface area contributed by atoms with Crippen molar-refractivity contribution in [3.63, 3.8) is 0 Å². The second-order valence-corrected chi connectivity index (χ2v) is 8.07. The van der Waals surface area contributed by atoms with Gasteiger partial charge in [-0.3, -0.25) is 14.5 Å². The Kier molecular flexibility index (Phi) is 6.20. The summed E-state index contributed by atoms with van der Waals surface area (Å²) in [7, 11) is 3.87. The fraction of sp³-hybridized carbons (Fsp3) is 0.333. The van der Waals surface area contributed by atoms with Gasteiger partial charge in [0, 0.05) is 19.8 Å². The summed E-state index contributed by atoms with van der Waals surface area (Å²) in [5, 5.41) is 9.05. The molecule has 0 aromatic heterocycles. The first-order chi connectivity index (χ1) is 12.1. The van der Waals surface area contributed by atoms with Crippen LogP contribution >= 0.6 is 24.0 Å². The first-order valence-electron chi connectivity index (χ1n) is 7.95. The van der Waals surface area contributed by atoms with Crippen molar-refractivity contribution in [3.8, 4) is 0 Å². The van der Waals surface area contributed by atoms with Crippen LogP contribution in [0.3, 0.4) is 0 Å². The Labute approximate surface area is 161 Å². The number of thiocarbonyl (C=S) groups is 1. The van der Waals surface area contributed by atoms with Gasteiger partial charge in [-0.15, -0.1) is 0 Å². The van der Waals surface area contributed by atoms with E-state index in [9.17, 15) is 14.4 Å². The van der Waals surface area contributed by atoms with Gasteiger partial charge in [-0.25, -0.2) is 4.79 Å². The number of thioether (sulfide) groups is 1. The van der Waals surface area contributed by atoms with E-state index in [0.717, 1.165) is 27.9 Å². The summed E-state index contributed by atoms with van der Waals surface area (Å²) in [6.07, 6.45) is 1.70. The number of nitrogens with zero attached hydrogens (tertiary/aromatic N) is 2. The third-order valence-electron chi connectivity index (χ3n) is 3.92. The molecule has 1 unspecified atom stereocenters. The molecule has 1 amide bonds. The Hall–Kier alpha value is -2.19. The Morgan fingerprint density at radius 2 is 1.81 bits per heavy atom. The lowest BCUT2D eigenvalue weighted by Crippen LogP contribution is -2.49. The molecule has 1 heterocycles. The average molecular weight is 393 g/mol. The minimum Gasteiger partial charge on any atom is -0.475 e. The lowest BCUT2D eigenvalue weighted by Gasteiger charge is -2.27. The normalized spacial score (nSPS) is 17.1. The first kappa shape index (κ1) is 20.1. The molecule has 0 spiro atoms. The fourth-order valence-corrected chi connectivity index (χ4v) is 3.91. The number of aliphatic carboxylic acids is 1. The van der Waals surface area contributed by atoms with Gasteiger partial charge in [0.05, 0.1) is 4.91 Å². The number of amides is 1. The standard InChI is InChI=1S/C18H20N2O4S2/c1-10(2)14(15(21)17(23)24)20-16(22)13(26-18(20)25)9-11-5-7-12(8-6-11)19(3)4/h5-10,14H,1-4H3,(H,23,24)/b13-9-. The second kappa shape index (κ2) is 8.01. The van der Waals surface area contributed by atoms with Crippen molar-refractivity contribution in [1.82, 2.24) is 4.90 Å². The van der Waals surface area contributed by atoms with E-state index in [1.165, 1.54) is 0 Å². The molecule has 0 radical (unpaired) electrons. The molecule has 6 nitrogen and oxygen atoms in total. The van der Waals surface area contributed by atoms with Gasteiger partial charge in [0.1, 0.15) is 10.4 Å². The van der Waals surface area contributed by atoms with E-state index in [-0.39, 0.29) is 10.2 Å². The van der Waals surface area contributed by atoms with Crippen LogP contribution in [0.2, 0.25) is 0 Å². The zero-order valence-corrected chi connectivity index (χ0v) is 16.6. The van der Waals surface area contributed by atoms with Crippen molar-refractivity contribution in [2.45, 2.75) is 19.9 Å². The first-order valence-corrected chi connectivity index (χ1v) is 9.17. The molecule has 26 heavy (non-hydrogen) atoms. The van der Waals surface area contributed by atoms with Crippen molar-refractivity contribution in [2.75, 3.05) is 19.0 Å². The molecule has 0 saturated carbocycles. The maximum absolute atomic E-state index is 12.8. The molecule has 138 valence electrons. The van der Waals surface area contributed by atoms with Crippen LogP contribution < -0.4 is 4.90 Å². The average Bonchev–Trinajstić information content (AvgIpc) is 2.83. The lowest BCUT2D eigenvalue weighted by molar-refractivity contribution is -0.152. The molecule has 1 fully saturated rings. The second-order valence-electron chi connectivity index (χ2n) is 6.40. The van der Waals surface area contributed by atoms with Crippen molar-refractivity contribution in [3.05, 3.63) is 34.7 Å². The van der Waals surface area contributed by atoms with Gasteiger partial charge in [-0.2, -0.15) is 0 Å². The van der Waals surface area contributed by atoms with Gasteiger partial charge in [0.15, 0.2) is 0 Å². The van der Waals surface area contributed by atoms with Crippen molar-refractivity contribution >= 4 is 57.7 Å². The summed E-state index contributed by atoms with van der Waals surface area (Å²) in [4.78, 5) is 39.4. The molecule has 2 rings (SSSR count). The van der Waals surface area contributed by atoms with Crippen LogP contribution in [0.25, 0.3) is 6.08 Å². The largest absolute Gasteiger partial charge is 0.475 e. The number of anilines is 1. The number of rotatable bonds is 6. The molecule has 1 atom stereocenters. The Morgan fingerprint density at radius 1 is 1.23 bits per heavy atom. The maximum Gasteiger partial charge on any atom is 0.374 e. The molecular formula is C18H20N2O4S2. The molecule has 1 N–H and O–H groups in total. The molecule has 1 saturated heterocycles. The number of hydrogen-bond acceptors (Lipinski definition) is 6. The molecule has 0 bridgehead atoms. The number of carboxylic acids is 1. The van der Waals surface area contributed by atoms with E-state index >= 15 is 0 Å². The topological polar surface area (TPSA) is 77.9 Å². The van der Waals surface area contributed by atoms with Crippen LogP contribution in [0, 0.1) is 5.92 Å². The van der Waals surface area contributed by atoms with Crippen molar-refractivity contribution < 1.29 is 19.5 Å². The van der Waals surface area contributed by atoms with Gasteiger partial charge in [0.25, 0.3) is 11.7 Å². The lowest BCUT2D eigenvalue weighted by atomic mass is 9.98. The van der Waals surface area contributed by atoms with E-state index in [4.69, 9.17) is 17.3 Å². The number of benzene rings is 1. The predicted octanol–water partition coefficient (Wildman–Crippen LogP) is 2.63. The summed E-state index contributed by atoms with van der Waals surface area (Å²) in [6, 6.07) is 6.51. The molecule has 1 aliphatic rings. The van der Waals surface area contributed by atoms with Gasteiger partial charge in [-0.05, 0) is 29.7 Å². The van der Waals surface area contributed by atoms with Crippen LogP contribution in [-0.2, 0) is 14.4 Å². The van der Waals surface area contributed by atoms with Gasteiger partial charge >= 0.3 is 5.97 Å². The maximum atomic E-state index is 12.8. The van der Waals surface area contributed by atoms with Gasteiger partial charge < -0.3 is 10.0 Å². The van der Waals surface area contributed by atoms with Gasteiger partial charge in [-0.1, -0.05) is 50.0 Å². The predicted molar refractivity (Wildman–Crippen MR) is 107 cm³/mol. The monoisotopic (exact) mass is 392 g/mol.